The van der Waals surface area contributed by atoms with Gasteiger partial charge in [-0.1, -0.05) is 18.2 Å². The SMILES string of the molecule is O=C(O)CN1C(=O)CN2C(=O)c3ccccc3[C@H]12. The molecule has 1 N–H and O–H groups in total. The molecule has 18 heavy (non-hydrogen) atoms. The van der Waals surface area contributed by atoms with Crippen molar-refractivity contribution >= 4 is 17.8 Å². The summed E-state index contributed by atoms with van der Waals surface area (Å²) in [6.07, 6.45) is -0.558. The second-order valence-corrected chi connectivity index (χ2v) is 4.31. The first-order valence-electron chi connectivity index (χ1n) is 5.51. The summed E-state index contributed by atoms with van der Waals surface area (Å²) in [5.74, 6) is -1.62. The van der Waals surface area contributed by atoms with Gasteiger partial charge in [-0.05, 0) is 6.07 Å². The molecule has 1 aromatic carbocycles. The van der Waals surface area contributed by atoms with Crippen LogP contribution in [0.5, 0.6) is 0 Å². The van der Waals surface area contributed by atoms with E-state index in [1.165, 1.54) is 9.80 Å². The lowest BCUT2D eigenvalue weighted by atomic mass is 10.1. The maximum Gasteiger partial charge on any atom is 0.323 e. The molecule has 1 atom stereocenters. The fourth-order valence-corrected chi connectivity index (χ4v) is 2.54. The van der Waals surface area contributed by atoms with Crippen molar-refractivity contribution in [2.45, 2.75) is 6.17 Å². The van der Waals surface area contributed by atoms with E-state index in [-0.39, 0.29) is 24.9 Å². The van der Waals surface area contributed by atoms with Gasteiger partial charge in [-0.25, -0.2) is 0 Å². The van der Waals surface area contributed by atoms with Gasteiger partial charge in [0, 0.05) is 11.1 Å². The second-order valence-electron chi connectivity index (χ2n) is 4.31. The van der Waals surface area contributed by atoms with Crippen molar-refractivity contribution in [1.82, 2.24) is 9.80 Å². The van der Waals surface area contributed by atoms with Crippen molar-refractivity contribution in [2.24, 2.45) is 0 Å². The van der Waals surface area contributed by atoms with Crippen LogP contribution in [0.25, 0.3) is 0 Å². The largest absolute Gasteiger partial charge is 0.480 e. The molecule has 3 rings (SSSR count). The number of rotatable bonds is 2. The summed E-state index contributed by atoms with van der Waals surface area (Å²) in [5, 5.41) is 8.83. The zero-order valence-corrected chi connectivity index (χ0v) is 9.37. The van der Waals surface area contributed by atoms with Crippen molar-refractivity contribution < 1.29 is 19.5 Å². The topological polar surface area (TPSA) is 77.9 Å². The van der Waals surface area contributed by atoms with Gasteiger partial charge in [-0.3, -0.25) is 14.4 Å². The highest BCUT2D eigenvalue weighted by atomic mass is 16.4. The van der Waals surface area contributed by atoms with Gasteiger partial charge in [-0.15, -0.1) is 0 Å². The molecule has 0 saturated carbocycles. The van der Waals surface area contributed by atoms with Gasteiger partial charge in [0.2, 0.25) is 5.91 Å². The Kier molecular flexibility index (Phi) is 2.13. The Balaban J connectivity index is 2.05. The zero-order valence-electron chi connectivity index (χ0n) is 9.37. The molecule has 2 amide bonds. The fourth-order valence-electron chi connectivity index (χ4n) is 2.54. The monoisotopic (exact) mass is 246 g/mol. The van der Waals surface area contributed by atoms with E-state index in [1.54, 1.807) is 24.3 Å². The van der Waals surface area contributed by atoms with Crippen LogP contribution in [0.4, 0.5) is 0 Å². The quantitative estimate of drug-likeness (QED) is 0.800. The Bertz CT molecular complexity index is 569. The molecule has 1 saturated heterocycles. The van der Waals surface area contributed by atoms with E-state index in [2.05, 4.69) is 0 Å². The maximum absolute atomic E-state index is 12.1. The van der Waals surface area contributed by atoms with E-state index in [0.29, 0.717) is 11.1 Å². The van der Waals surface area contributed by atoms with E-state index in [0.717, 1.165) is 0 Å². The molecule has 0 radical (unpaired) electrons. The summed E-state index contributed by atoms with van der Waals surface area (Å²) in [5.41, 5.74) is 1.25. The smallest absolute Gasteiger partial charge is 0.323 e. The van der Waals surface area contributed by atoms with Gasteiger partial charge in [-0.2, -0.15) is 0 Å². The van der Waals surface area contributed by atoms with E-state index < -0.39 is 12.1 Å². The van der Waals surface area contributed by atoms with Crippen LogP contribution in [-0.2, 0) is 9.59 Å². The third-order valence-electron chi connectivity index (χ3n) is 3.25. The molecule has 0 bridgehead atoms. The lowest BCUT2D eigenvalue weighted by Crippen LogP contribution is -2.34. The highest BCUT2D eigenvalue weighted by Crippen LogP contribution is 2.39. The minimum Gasteiger partial charge on any atom is -0.480 e. The highest BCUT2D eigenvalue weighted by Gasteiger charge is 2.48. The second kappa shape index (κ2) is 3.56. The highest BCUT2D eigenvalue weighted by molar-refractivity contribution is 6.03. The molecule has 6 heteroatoms. The lowest BCUT2D eigenvalue weighted by molar-refractivity contribution is -0.143. The van der Waals surface area contributed by atoms with Crippen molar-refractivity contribution in [3.63, 3.8) is 0 Å². The Morgan fingerprint density at radius 3 is 2.78 bits per heavy atom. The van der Waals surface area contributed by atoms with Crippen LogP contribution in [0.3, 0.4) is 0 Å². The van der Waals surface area contributed by atoms with Crippen molar-refractivity contribution in [3.05, 3.63) is 35.4 Å². The fraction of sp³-hybridized carbons (Fsp3) is 0.250. The van der Waals surface area contributed by atoms with E-state index in [1.807, 2.05) is 0 Å². The molecule has 1 fully saturated rings. The standard InChI is InChI=1S/C12H10N2O4/c15-9-5-14-11(13(9)6-10(16)17)7-3-1-2-4-8(7)12(14)18/h1-4,11H,5-6H2,(H,16,17)/t11-/m1/s1. The minimum absolute atomic E-state index is 0.0501. The Morgan fingerprint density at radius 2 is 2.06 bits per heavy atom. The lowest BCUT2D eigenvalue weighted by Gasteiger charge is -2.23. The molecule has 2 aliphatic heterocycles. The maximum atomic E-state index is 12.1. The number of aliphatic carboxylic acids is 1. The number of carboxylic acid groups (broad SMARTS) is 1. The van der Waals surface area contributed by atoms with Gasteiger partial charge in [0.05, 0.1) is 0 Å². The van der Waals surface area contributed by atoms with Crippen LogP contribution in [0.15, 0.2) is 24.3 Å². The van der Waals surface area contributed by atoms with E-state index >= 15 is 0 Å². The Morgan fingerprint density at radius 1 is 1.33 bits per heavy atom. The predicted octanol–water partition coefficient (Wildman–Crippen LogP) is 0.0678. The van der Waals surface area contributed by atoms with Gasteiger partial charge in [0.15, 0.2) is 0 Å². The molecule has 0 aliphatic carbocycles. The first-order chi connectivity index (χ1) is 8.59. The normalized spacial score (nSPS) is 21.2. The number of carbonyl (C=O) groups is 3. The molecule has 0 aromatic heterocycles. The van der Waals surface area contributed by atoms with Gasteiger partial charge >= 0.3 is 5.97 Å². The average molecular weight is 246 g/mol. The van der Waals surface area contributed by atoms with Crippen molar-refractivity contribution in [1.29, 1.82) is 0 Å². The van der Waals surface area contributed by atoms with Crippen LogP contribution in [-0.4, -0.2) is 45.8 Å². The summed E-state index contributed by atoms with van der Waals surface area (Å²) in [6.45, 7) is -0.437. The summed E-state index contributed by atoms with van der Waals surface area (Å²) in [6, 6.07) is 6.98. The molecule has 6 nitrogen and oxygen atoms in total. The zero-order chi connectivity index (χ0) is 12.9. The molecule has 0 unspecified atom stereocenters. The molecule has 92 valence electrons. The number of nitrogens with zero attached hydrogens (tertiary/aromatic N) is 2. The predicted molar refractivity (Wildman–Crippen MR) is 59.6 cm³/mol. The number of hydrogen-bond donors (Lipinski definition) is 1. The van der Waals surface area contributed by atoms with Crippen molar-refractivity contribution in [2.75, 3.05) is 13.1 Å². The molecule has 0 spiro atoms. The number of benzene rings is 1. The molecular formula is C12H10N2O4. The summed E-state index contributed by atoms with van der Waals surface area (Å²) >= 11 is 0. The summed E-state index contributed by atoms with van der Waals surface area (Å²) < 4.78 is 0. The average Bonchev–Trinajstić information content (AvgIpc) is 2.78. The summed E-state index contributed by atoms with van der Waals surface area (Å²) in [7, 11) is 0. The molecular weight excluding hydrogens is 236 g/mol. The molecule has 1 aromatic rings. The number of hydrogen-bond acceptors (Lipinski definition) is 3. The summed E-state index contributed by atoms with van der Waals surface area (Å²) in [4.78, 5) is 37.2. The minimum atomic E-state index is -1.08. The van der Waals surface area contributed by atoms with Crippen LogP contribution in [0.2, 0.25) is 0 Å². The Hall–Kier alpha value is -2.37. The van der Waals surface area contributed by atoms with Gasteiger partial charge in [0.1, 0.15) is 19.3 Å². The number of fused-ring (bicyclic) bond motifs is 3. The van der Waals surface area contributed by atoms with Crippen LogP contribution < -0.4 is 0 Å². The van der Waals surface area contributed by atoms with Crippen LogP contribution >= 0.6 is 0 Å². The first-order valence-corrected chi connectivity index (χ1v) is 5.51. The van der Waals surface area contributed by atoms with Gasteiger partial charge in [0.25, 0.3) is 5.91 Å². The number of amides is 2. The molecule has 2 aliphatic rings. The third kappa shape index (κ3) is 1.32. The van der Waals surface area contributed by atoms with E-state index in [9.17, 15) is 14.4 Å². The van der Waals surface area contributed by atoms with Crippen molar-refractivity contribution in [3.8, 4) is 0 Å². The first kappa shape index (κ1) is 10.8. The number of carbonyl (C=O) groups excluding carboxylic acids is 2. The van der Waals surface area contributed by atoms with Crippen LogP contribution in [0.1, 0.15) is 22.1 Å². The number of carboxylic acids is 1. The van der Waals surface area contributed by atoms with Gasteiger partial charge < -0.3 is 14.9 Å². The van der Waals surface area contributed by atoms with E-state index in [4.69, 9.17) is 5.11 Å². The molecule has 2 heterocycles. The third-order valence-corrected chi connectivity index (χ3v) is 3.25. The Labute approximate surface area is 102 Å². The van der Waals surface area contributed by atoms with Crippen LogP contribution in [0, 0.1) is 0 Å².